The maximum Gasteiger partial charge on any atom is 0.191 e. The lowest BCUT2D eigenvalue weighted by Crippen LogP contribution is -2.37. The Kier molecular flexibility index (Phi) is 6.40. The van der Waals surface area contributed by atoms with Gasteiger partial charge in [0.05, 0.1) is 0 Å². The Bertz CT molecular complexity index is 405. The average molecular weight is 261 g/mol. The van der Waals surface area contributed by atoms with Crippen molar-refractivity contribution in [1.82, 2.24) is 10.6 Å². The lowest BCUT2D eigenvalue weighted by Gasteiger charge is -2.12. The van der Waals surface area contributed by atoms with Gasteiger partial charge in [-0.05, 0) is 57.7 Å². The summed E-state index contributed by atoms with van der Waals surface area (Å²) < 4.78 is 0. The predicted octanol–water partition coefficient (Wildman–Crippen LogP) is 2.73. The van der Waals surface area contributed by atoms with Crippen LogP contribution in [0.4, 0.5) is 0 Å². The second-order valence-corrected chi connectivity index (χ2v) is 4.92. The van der Waals surface area contributed by atoms with E-state index in [0.717, 1.165) is 32.0 Å². The molecule has 0 saturated heterocycles. The van der Waals surface area contributed by atoms with E-state index in [1.807, 2.05) is 0 Å². The van der Waals surface area contributed by atoms with Crippen LogP contribution in [0.5, 0.6) is 0 Å². The van der Waals surface area contributed by atoms with Gasteiger partial charge in [0.25, 0.3) is 0 Å². The van der Waals surface area contributed by atoms with Crippen molar-refractivity contribution in [3.8, 4) is 0 Å². The van der Waals surface area contributed by atoms with E-state index >= 15 is 0 Å². The third-order valence-corrected chi connectivity index (χ3v) is 3.16. The van der Waals surface area contributed by atoms with Gasteiger partial charge in [-0.25, -0.2) is 0 Å². The Morgan fingerprint density at radius 3 is 2.00 bits per heavy atom. The first kappa shape index (κ1) is 15.5. The molecule has 0 fully saturated rings. The summed E-state index contributed by atoms with van der Waals surface area (Å²) in [4.78, 5) is 4.60. The number of hydrogen-bond donors (Lipinski definition) is 2. The van der Waals surface area contributed by atoms with Gasteiger partial charge in [-0.15, -0.1) is 0 Å². The van der Waals surface area contributed by atoms with E-state index in [9.17, 15) is 0 Å². The lowest BCUT2D eigenvalue weighted by molar-refractivity contribution is 0.831. The molecule has 19 heavy (non-hydrogen) atoms. The first-order valence-corrected chi connectivity index (χ1v) is 7.17. The maximum atomic E-state index is 4.60. The number of nitrogens with one attached hydrogen (secondary N) is 2. The molecular formula is C16H27N3. The summed E-state index contributed by atoms with van der Waals surface area (Å²) in [5, 5.41) is 6.49. The Hall–Kier alpha value is -1.51. The van der Waals surface area contributed by atoms with E-state index in [1.165, 1.54) is 22.3 Å². The average Bonchev–Trinajstić information content (AvgIpc) is 2.32. The minimum Gasteiger partial charge on any atom is -0.357 e. The van der Waals surface area contributed by atoms with Crippen molar-refractivity contribution >= 4 is 5.96 Å². The van der Waals surface area contributed by atoms with E-state index in [0.29, 0.717) is 0 Å². The SMILES string of the molecule is CCNC(=NCCc1c(C)cc(C)cc1C)NCC. The van der Waals surface area contributed by atoms with Crippen molar-refractivity contribution in [1.29, 1.82) is 0 Å². The summed E-state index contributed by atoms with van der Waals surface area (Å²) in [6.07, 6.45) is 0.998. The number of nitrogens with zero attached hydrogens (tertiary/aromatic N) is 1. The molecule has 1 aromatic rings. The molecule has 0 aliphatic carbocycles. The Balaban J connectivity index is 2.68. The summed E-state index contributed by atoms with van der Waals surface area (Å²) in [6.45, 7) is 13.3. The molecule has 0 aliphatic heterocycles. The van der Waals surface area contributed by atoms with Crippen molar-refractivity contribution in [2.24, 2.45) is 4.99 Å². The van der Waals surface area contributed by atoms with Crippen LogP contribution in [-0.2, 0) is 6.42 Å². The molecule has 0 bridgehead atoms. The zero-order valence-electron chi connectivity index (χ0n) is 12.9. The first-order chi connectivity index (χ1) is 9.08. The van der Waals surface area contributed by atoms with Gasteiger partial charge in [-0.1, -0.05) is 17.7 Å². The minimum atomic E-state index is 0.820. The largest absolute Gasteiger partial charge is 0.357 e. The van der Waals surface area contributed by atoms with Gasteiger partial charge >= 0.3 is 0 Å². The standard InChI is InChI=1S/C16H27N3/c1-6-17-16(18-7-2)19-9-8-15-13(4)10-12(3)11-14(15)5/h10-11H,6-9H2,1-5H3,(H2,17,18,19). The number of rotatable bonds is 5. The smallest absolute Gasteiger partial charge is 0.191 e. The topological polar surface area (TPSA) is 36.4 Å². The molecule has 1 aromatic carbocycles. The molecule has 106 valence electrons. The highest BCUT2D eigenvalue weighted by Gasteiger charge is 2.03. The van der Waals surface area contributed by atoms with Crippen molar-refractivity contribution in [3.63, 3.8) is 0 Å². The second-order valence-electron chi connectivity index (χ2n) is 4.92. The van der Waals surface area contributed by atoms with Gasteiger partial charge < -0.3 is 10.6 Å². The molecule has 0 heterocycles. The first-order valence-electron chi connectivity index (χ1n) is 7.17. The molecule has 0 radical (unpaired) electrons. The highest BCUT2D eigenvalue weighted by molar-refractivity contribution is 5.79. The van der Waals surface area contributed by atoms with Crippen LogP contribution in [0.25, 0.3) is 0 Å². The fourth-order valence-corrected chi connectivity index (χ4v) is 2.39. The lowest BCUT2D eigenvalue weighted by atomic mass is 9.97. The van der Waals surface area contributed by atoms with Gasteiger partial charge in [0.15, 0.2) is 5.96 Å². The monoisotopic (exact) mass is 261 g/mol. The normalized spacial score (nSPS) is 10.2. The fraction of sp³-hybridized carbons (Fsp3) is 0.562. The number of aryl methyl sites for hydroxylation is 3. The summed E-state index contributed by atoms with van der Waals surface area (Å²) in [7, 11) is 0. The van der Waals surface area contributed by atoms with E-state index in [-0.39, 0.29) is 0 Å². The minimum absolute atomic E-state index is 0.820. The van der Waals surface area contributed by atoms with Crippen LogP contribution in [0.15, 0.2) is 17.1 Å². The van der Waals surface area contributed by atoms with Gasteiger partial charge in [0.1, 0.15) is 0 Å². The summed E-state index contributed by atoms with van der Waals surface area (Å²) >= 11 is 0. The van der Waals surface area contributed by atoms with Gasteiger partial charge in [0.2, 0.25) is 0 Å². The van der Waals surface area contributed by atoms with Crippen LogP contribution < -0.4 is 10.6 Å². The molecule has 3 heteroatoms. The van der Waals surface area contributed by atoms with Crippen molar-refractivity contribution < 1.29 is 0 Å². The van der Waals surface area contributed by atoms with Crippen molar-refractivity contribution in [2.75, 3.05) is 19.6 Å². The molecule has 0 saturated carbocycles. The van der Waals surface area contributed by atoms with Crippen LogP contribution in [0.2, 0.25) is 0 Å². The molecule has 0 unspecified atom stereocenters. The van der Waals surface area contributed by atoms with Crippen LogP contribution in [0.1, 0.15) is 36.1 Å². The number of guanidine groups is 1. The second kappa shape index (κ2) is 7.82. The number of aliphatic imine (C=N–C) groups is 1. The summed E-state index contributed by atoms with van der Waals surface area (Å²) in [5.41, 5.74) is 5.52. The molecule has 2 N–H and O–H groups in total. The third kappa shape index (κ3) is 4.93. The fourth-order valence-electron chi connectivity index (χ4n) is 2.39. The van der Waals surface area contributed by atoms with E-state index in [2.05, 4.69) is 62.4 Å². The molecular weight excluding hydrogens is 234 g/mol. The quantitative estimate of drug-likeness (QED) is 0.631. The van der Waals surface area contributed by atoms with E-state index < -0.39 is 0 Å². The number of hydrogen-bond acceptors (Lipinski definition) is 1. The van der Waals surface area contributed by atoms with Gasteiger partial charge in [-0.3, -0.25) is 4.99 Å². The summed E-state index contributed by atoms with van der Waals surface area (Å²) in [6, 6.07) is 4.50. The van der Waals surface area contributed by atoms with Gasteiger partial charge in [-0.2, -0.15) is 0 Å². The third-order valence-electron chi connectivity index (χ3n) is 3.16. The molecule has 0 amide bonds. The highest BCUT2D eigenvalue weighted by Crippen LogP contribution is 2.16. The number of benzene rings is 1. The van der Waals surface area contributed by atoms with Crippen molar-refractivity contribution in [2.45, 2.75) is 41.0 Å². The van der Waals surface area contributed by atoms with Crippen LogP contribution in [-0.4, -0.2) is 25.6 Å². The van der Waals surface area contributed by atoms with Crippen LogP contribution in [0.3, 0.4) is 0 Å². The van der Waals surface area contributed by atoms with E-state index in [4.69, 9.17) is 0 Å². The van der Waals surface area contributed by atoms with Crippen molar-refractivity contribution in [3.05, 3.63) is 34.4 Å². The maximum absolute atomic E-state index is 4.60. The van der Waals surface area contributed by atoms with E-state index in [1.54, 1.807) is 0 Å². The van der Waals surface area contributed by atoms with Crippen LogP contribution >= 0.6 is 0 Å². The molecule has 1 rings (SSSR count). The Morgan fingerprint density at radius 1 is 1.00 bits per heavy atom. The predicted molar refractivity (Wildman–Crippen MR) is 84.0 cm³/mol. The Labute approximate surface area is 117 Å². The zero-order valence-corrected chi connectivity index (χ0v) is 12.9. The Morgan fingerprint density at radius 2 is 1.53 bits per heavy atom. The molecule has 0 aromatic heterocycles. The van der Waals surface area contributed by atoms with Gasteiger partial charge in [0, 0.05) is 19.6 Å². The molecule has 0 aliphatic rings. The highest BCUT2D eigenvalue weighted by atomic mass is 15.2. The van der Waals surface area contributed by atoms with Crippen LogP contribution in [0, 0.1) is 20.8 Å². The zero-order chi connectivity index (χ0) is 14.3. The molecule has 3 nitrogen and oxygen atoms in total. The summed E-state index contributed by atoms with van der Waals surface area (Å²) in [5.74, 6) is 0.910. The molecule has 0 atom stereocenters. The molecule has 0 spiro atoms.